The van der Waals surface area contributed by atoms with E-state index in [0.717, 1.165) is 12.5 Å². The minimum Gasteiger partial charge on any atom is -0.334 e. The number of hydrogen-bond acceptors (Lipinski definition) is 4. The van der Waals surface area contributed by atoms with Crippen LogP contribution in [0.15, 0.2) is 47.9 Å². The number of carbonyl (C=O) groups is 1. The molecule has 0 bridgehead atoms. The number of carbonyl (C=O) groups excluding carboxylic acids is 1. The van der Waals surface area contributed by atoms with Gasteiger partial charge in [0.25, 0.3) is 10.0 Å². The summed E-state index contributed by atoms with van der Waals surface area (Å²) in [5.74, 6) is -3.36. The maximum Gasteiger partial charge on any atom is 0.396 e. The van der Waals surface area contributed by atoms with Gasteiger partial charge in [-0.3, -0.25) is 4.79 Å². The third kappa shape index (κ3) is 4.31. The zero-order valence-electron chi connectivity index (χ0n) is 11.5. The van der Waals surface area contributed by atoms with Crippen molar-refractivity contribution in [3.05, 3.63) is 48.4 Å². The molecule has 0 spiro atoms. The Morgan fingerprint density at radius 2 is 1.91 bits per heavy atom. The first-order valence-corrected chi connectivity index (χ1v) is 7.84. The van der Waals surface area contributed by atoms with Crippen LogP contribution in [0.1, 0.15) is 17.9 Å². The van der Waals surface area contributed by atoms with Gasteiger partial charge < -0.3 is 4.98 Å². The fraction of sp³-hybridized carbons (Fsp3) is 0.231. The molecule has 0 aliphatic rings. The van der Waals surface area contributed by atoms with Gasteiger partial charge >= 0.3 is 6.18 Å². The lowest BCUT2D eigenvalue weighted by Gasteiger charge is -2.20. The first-order valence-electron chi connectivity index (χ1n) is 6.36. The second kappa shape index (κ2) is 6.41. The predicted octanol–water partition coefficient (Wildman–Crippen LogP) is 1.95. The van der Waals surface area contributed by atoms with E-state index in [-0.39, 0.29) is 5.56 Å². The minimum atomic E-state index is -4.68. The Labute approximate surface area is 129 Å². The second-order valence-corrected chi connectivity index (χ2v) is 6.30. The van der Waals surface area contributed by atoms with E-state index < -0.39 is 39.5 Å². The van der Waals surface area contributed by atoms with Crippen molar-refractivity contribution in [1.82, 2.24) is 14.7 Å². The van der Waals surface area contributed by atoms with Crippen molar-refractivity contribution in [3.8, 4) is 0 Å². The lowest BCUT2D eigenvalue weighted by Crippen LogP contribution is -2.34. The number of aromatic nitrogens is 2. The van der Waals surface area contributed by atoms with Crippen LogP contribution in [0.3, 0.4) is 0 Å². The number of sulfonamides is 1. The molecule has 23 heavy (non-hydrogen) atoms. The van der Waals surface area contributed by atoms with Gasteiger partial charge in [-0.05, 0) is 5.56 Å². The standard InChI is InChI=1S/C13H12F3N3O3S/c14-13(15,16)10(9-4-2-1-3-5-9)6-11(20)19-23(21,22)12-7-17-8-18-12/h1-5,7-8,10H,6H2,(H,17,18)(H,19,20)/t10-/m0/s1. The van der Waals surface area contributed by atoms with Crippen LogP contribution in [0.2, 0.25) is 0 Å². The van der Waals surface area contributed by atoms with Crippen LogP contribution < -0.4 is 4.72 Å². The number of halogens is 3. The third-order valence-electron chi connectivity index (χ3n) is 3.00. The SMILES string of the molecule is O=C(C[C@@H](c1ccccc1)C(F)(F)F)NS(=O)(=O)c1cnc[nH]1. The number of nitrogens with zero attached hydrogens (tertiary/aromatic N) is 1. The average Bonchev–Trinajstić information content (AvgIpc) is 2.99. The number of rotatable bonds is 5. The van der Waals surface area contributed by atoms with Gasteiger partial charge in [-0.15, -0.1) is 0 Å². The van der Waals surface area contributed by atoms with E-state index in [4.69, 9.17) is 0 Å². The van der Waals surface area contributed by atoms with Crippen LogP contribution in [0.4, 0.5) is 13.2 Å². The van der Waals surface area contributed by atoms with E-state index in [9.17, 15) is 26.4 Å². The number of alkyl halides is 3. The number of H-pyrrole nitrogens is 1. The summed E-state index contributed by atoms with van der Waals surface area (Å²) in [6, 6.07) is 6.82. The van der Waals surface area contributed by atoms with E-state index in [0.29, 0.717) is 0 Å². The maximum atomic E-state index is 13.1. The van der Waals surface area contributed by atoms with Gasteiger partial charge in [-0.25, -0.2) is 9.71 Å². The van der Waals surface area contributed by atoms with Crippen LogP contribution in [-0.4, -0.2) is 30.5 Å². The Balaban J connectivity index is 2.16. The molecule has 1 heterocycles. The van der Waals surface area contributed by atoms with Gasteiger partial charge in [-0.2, -0.15) is 21.6 Å². The molecule has 0 aliphatic carbocycles. The molecule has 0 saturated heterocycles. The lowest BCUT2D eigenvalue weighted by atomic mass is 9.95. The van der Waals surface area contributed by atoms with Gasteiger partial charge in [0.1, 0.15) is 0 Å². The molecular weight excluding hydrogens is 335 g/mol. The summed E-state index contributed by atoms with van der Waals surface area (Å²) in [6.07, 6.45) is -3.72. The maximum absolute atomic E-state index is 13.1. The van der Waals surface area contributed by atoms with Crippen LogP contribution >= 0.6 is 0 Å². The largest absolute Gasteiger partial charge is 0.396 e. The van der Waals surface area contributed by atoms with Crippen molar-refractivity contribution in [2.75, 3.05) is 0 Å². The molecule has 0 fully saturated rings. The van der Waals surface area contributed by atoms with Crippen molar-refractivity contribution < 1.29 is 26.4 Å². The Morgan fingerprint density at radius 1 is 1.26 bits per heavy atom. The number of nitrogens with one attached hydrogen (secondary N) is 2. The minimum absolute atomic E-state index is 0.117. The summed E-state index contributed by atoms with van der Waals surface area (Å²) < 4.78 is 64.5. The highest BCUT2D eigenvalue weighted by Crippen LogP contribution is 2.37. The molecule has 1 amide bonds. The van der Waals surface area contributed by atoms with E-state index in [1.54, 1.807) is 10.8 Å². The highest BCUT2D eigenvalue weighted by atomic mass is 32.2. The van der Waals surface area contributed by atoms with Gasteiger partial charge in [0.05, 0.1) is 18.4 Å². The van der Waals surface area contributed by atoms with Crippen LogP contribution in [0.25, 0.3) is 0 Å². The van der Waals surface area contributed by atoms with E-state index in [2.05, 4.69) is 9.97 Å². The molecule has 2 aromatic rings. The molecular formula is C13H12F3N3O3S. The molecule has 6 nitrogen and oxygen atoms in total. The Kier molecular flexibility index (Phi) is 4.73. The Hall–Kier alpha value is -2.36. The van der Waals surface area contributed by atoms with Crippen molar-refractivity contribution in [3.63, 3.8) is 0 Å². The quantitative estimate of drug-likeness (QED) is 0.865. The molecule has 0 radical (unpaired) electrons. The van der Waals surface area contributed by atoms with E-state index >= 15 is 0 Å². The first kappa shape index (κ1) is 17.0. The predicted molar refractivity (Wildman–Crippen MR) is 73.8 cm³/mol. The van der Waals surface area contributed by atoms with Gasteiger partial charge in [0, 0.05) is 6.42 Å². The molecule has 124 valence electrons. The number of hydrogen-bond donors (Lipinski definition) is 2. The topological polar surface area (TPSA) is 91.9 Å². The highest BCUT2D eigenvalue weighted by molar-refractivity contribution is 7.90. The Bertz CT molecular complexity index is 759. The van der Waals surface area contributed by atoms with Crippen LogP contribution in [0.5, 0.6) is 0 Å². The molecule has 1 aromatic carbocycles. The number of benzene rings is 1. The van der Waals surface area contributed by atoms with Gasteiger partial charge in [0.15, 0.2) is 5.03 Å². The molecule has 1 aromatic heterocycles. The summed E-state index contributed by atoms with van der Waals surface area (Å²) in [5.41, 5.74) is -0.117. The first-order chi connectivity index (χ1) is 10.7. The van der Waals surface area contributed by atoms with Crippen LogP contribution in [-0.2, 0) is 14.8 Å². The monoisotopic (exact) mass is 347 g/mol. The van der Waals surface area contributed by atoms with Crippen LogP contribution in [0, 0.1) is 0 Å². The third-order valence-corrected chi connectivity index (χ3v) is 4.30. The van der Waals surface area contributed by atoms with Gasteiger partial charge in [0.2, 0.25) is 5.91 Å². The Morgan fingerprint density at radius 3 is 2.43 bits per heavy atom. The smallest absolute Gasteiger partial charge is 0.334 e. The fourth-order valence-corrected chi connectivity index (χ4v) is 2.83. The van der Waals surface area contributed by atoms with E-state index in [1.807, 2.05) is 0 Å². The van der Waals surface area contributed by atoms with Gasteiger partial charge in [-0.1, -0.05) is 30.3 Å². The zero-order chi connectivity index (χ0) is 17.1. The molecule has 10 heteroatoms. The van der Waals surface area contributed by atoms with E-state index in [1.165, 1.54) is 24.3 Å². The van der Waals surface area contributed by atoms with Crippen molar-refractivity contribution in [2.45, 2.75) is 23.5 Å². The normalized spacial score (nSPS) is 13.5. The molecule has 0 saturated carbocycles. The molecule has 2 N–H and O–H groups in total. The molecule has 2 rings (SSSR count). The summed E-state index contributed by atoms with van der Waals surface area (Å²) in [4.78, 5) is 17.5. The molecule has 0 unspecified atom stereocenters. The van der Waals surface area contributed by atoms with Crippen molar-refractivity contribution in [1.29, 1.82) is 0 Å². The fourth-order valence-electron chi connectivity index (χ4n) is 1.93. The van der Waals surface area contributed by atoms with Crippen molar-refractivity contribution >= 4 is 15.9 Å². The summed E-state index contributed by atoms with van der Waals surface area (Å²) >= 11 is 0. The second-order valence-electron chi connectivity index (χ2n) is 4.65. The number of aromatic amines is 1. The molecule has 0 aliphatic heterocycles. The average molecular weight is 347 g/mol. The summed E-state index contributed by atoms with van der Waals surface area (Å²) in [5, 5.41) is -0.408. The summed E-state index contributed by atoms with van der Waals surface area (Å²) in [7, 11) is -4.27. The highest BCUT2D eigenvalue weighted by Gasteiger charge is 2.42. The number of amides is 1. The summed E-state index contributed by atoms with van der Waals surface area (Å²) in [6.45, 7) is 0. The number of imidazole rings is 1. The lowest BCUT2D eigenvalue weighted by molar-refractivity contribution is -0.156. The zero-order valence-corrected chi connectivity index (χ0v) is 12.4. The molecule has 1 atom stereocenters. The van der Waals surface area contributed by atoms with Crippen molar-refractivity contribution in [2.24, 2.45) is 0 Å².